The van der Waals surface area contributed by atoms with Crippen LogP contribution >= 0.6 is 11.6 Å². The fourth-order valence-corrected chi connectivity index (χ4v) is 4.39. The molecule has 1 N–H and O–H groups in total. The van der Waals surface area contributed by atoms with Gasteiger partial charge in [0.1, 0.15) is 0 Å². The molecule has 2 fully saturated rings. The largest absolute Gasteiger partial charge is 0.382 e. The molecule has 98 valence electrons. The molecule has 0 aromatic heterocycles. The predicted molar refractivity (Wildman–Crippen MR) is 78.1 cm³/mol. The lowest BCUT2D eigenvalue weighted by atomic mass is 9.69. The lowest BCUT2D eigenvalue weighted by molar-refractivity contribution is 0.142. The predicted octanol–water partition coefficient (Wildman–Crippen LogP) is 4.97. The first-order chi connectivity index (χ1) is 8.43. The monoisotopic (exact) mass is 263 g/mol. The maximum atomic E-state index is 6.06. The molecule has 3 atom stereocenters. The van der Waals surface area contributed by atoms with Crippen LogP contribution in [0.3, 0.4) is 0 Å². The van der Waals surface area contributed by atoms with Gasteiger partial charge in [-0.25, -0.2) is 0 Å². The molecule has 0 radical (unpaired) electrons. The number of hydrogen-bond acceptors (Lipinski definition) is 1. The molecule has 0 saturated heterocycles. The highest BCUT2D eigenvalue weighted by molar-refractivity contribution is 6.30. The molecule has 1 aromatic rings. The van der Waals surface area contributed by atoms with Crippen LogP contribution in [0.2, 0.25) is 5.02 Å². The average Bonchev–Trinajstić information content (AvgIpc) is 2.62. The van der Waals surface area contributed by atoms with Crippen molar-refractivity contribution in [1.29, 1.82) is 0 Å². The smallest absolute Gasteiger partial charge is 0.0426 e. The number of nitrogens with one attached hydrogen (secondary N) is 1. The first-order valence-corrected chi connectivity index (χ1v) is 7.33. The minimum atomic E-state index is 0.417. The van der Waals surface area contributed by atoms with E-state index in [1.807, 2.05) is 18.2 Å². The zero-order chi connectivity index (χ0) is 13.0. The van der Waals surface area contributed by atoms with Crippen molar-refractivity contribution in [3.8, 4) is 0 Å². The molecule has 1 nitrogen and oxygen atoms in total. The number of halogens is 1. The molecule has 3 unspecified atom stereocenters. The minimum Gasteiger partial charge on any atom is -0.382 e. The first-order valence-electron chi connectivity index (χ1n) is 6.95. The molecular weight excluding hydrogens is 242 g/mol. The molecule has 0 heterocycles. The summed E-state index contributed by atoms with van der Waals surface area (Å²) >= 11 is 6.06. The molecule has 18 heavy (non-hydrogen) atoms. The SMILES string of the molecule is CC1(C)C2CCC1(C)C(Nc1cccc(Cl)c1)C2. The van der Waals surface area contributed by atoms with E-state index < -0.39 is 0 Å². The fourth-order valence-electron chi connectivity index (χ4n) is 4.20. The van der Waals surface area contributed by atoms with Crippen molar-refractivity contribution in [3.05, 3.63) is 29.3 Å². The van der Waals surface area contributed by atoms with E-state index in [-0.39, 0.29) is 0 Å². The van der Waals surface area contributed by atoms with Crippen LogP contribution in [0.25, 0.3) is 0 Å². The first kappa shape index (κ1) is 12.3. The number of fused-ring (bicyclic) bond motifs is 2. The zero-order valence-electron chi connectivity index (χ0n) is 11.5. The van der Waals surface area contributed by atoms with Gasteiger partial charge < -0.3 is 5.32 Å². The van der Waals surface area contributed by atoms with Gasteiger partial charge in [0.05, 0.1) is 0 Å². The van der Waals surface area contributed by atoms with Gasteiger partial charge in [0.2, 0.25) is 0 Å². The van der Waals surface area contributed by atoms with Crippen LogP contribution in [-0.2, 0) is 0 Å². The van der Waals surface area contributed by atoms with Crippen molar-refractivity contribution in [2.24, 2.45) is 16.7 Å². The van der Waals surface area contributed by atoms with E-state index in [4.69, 9.17) is 11.6 Å². The van der Waals surface area contributed by atoms with Gasteiger partial charge >= 0.3 is 0 Å². The maximum absolute atomic E-state index is 6.06. The molecule has 0 aliphatic heterocycles. The van der Waals surface area contributed by atoms with Crippen LogP contribution in [0.4, 0.5) is 5.69 Å². The lowest BCUT2D eigenvalue weighted by Crippen LogP contribution is -2.40. The highest BCUT2D eigenvalue weighted by Gasteiger charge is 2.61. The third kappa shape index (κ3) is 1.60. The maximum Gasteiger partial charge on any atom is 0.0426 e. The van der Waals surface area contributed by atoms with Gasteiger partial charge in [0.15, 0.2) is 0 Å². The van der Waals surface area contributed by atoms with Gasteiger partial charge in [0, 0.05) is 16.8 Å². The Kier molecular flexibility index (Phi) is 2.68. The summed E-state index contributed by atoms with van der Waals surface area (Å²) in [5.41, 5.74) is 2.04. The number of benzene rings is 1. The van der Waals surface area contributed by atoms with Crippen molar-refractivity contribution in [1.82, 2.24) is 0 Å². The standard InChI is InChI=1S/C16H22ClN/c1-15(2)11-7-8-16(15,3)14(9-11)18-13-6-4-5-12(17)10-13/h4-6,10-11,14,18H,7-9H2,1-3H3. The number of rotatable bonds is 2. The lowest BCUT2D eigenvalue weighted by Gasteiger charge is -2.40. The molecule has 0 amide bonds. The average molecular weight is 264 g/mol. The molecular formula is C16H22ClN. The number of hydrogen-bond donors (Lipinski definition) is 1. The summed E-state index contributed by atoms with van der Waals surface area (Å²) in [5, 5.41) is 4.54. The minimum absolute atomic E-state index is 0.417. The Morgan fingerprint density at radius 2 is 2.06 bits per heavy atom. The van der Waals surface area contributed by atoms with E-state index in [0.29, 0.717) is 16.9 Å². The molecule has 2 saturated carbocycles. The molecule has 2 bridgehead atoms. The van der Waals surface area contributed by atoms with Crippen molar-refractivity contribution < 1.29 is 0 Å². The second-order valence-corrected chi connectivity index (χ2v) is 7.25. The van der Waals surface area contributed by atoms with E-state index in [0.717, 1.165) is 16.6 Å². The summed E-state index contributed by atoms with van der Waals surface area (Å²) in [4.78, 5) is 0. The Morgan fingerprint density at radius 1 is 1.28 bits per heavy atom. The van der Waals surface area contributed by atoms with Crippen LogP contribution in [0, 0.1) is 16.7 Å². The topological polar surface area (TPSA) is 12.0 Å². The summed E-state index contributed by atoms with van der Waals surface area (Å²) in [7, 11) is 0. The van der Waals surface area contributed by atoms with E-state index in [9.17, 15) is 0 Å². The van der Waals surface area contributed by atoms with Gasteiger partial charge in [0.25, 0.3) is 0 Å². The van der Waals surface area contributed by atoms with Crippen LogP contribution in [0.5, 0.6) is 0 Å². The fraction of sp³-hybridized carbons (Fsp3) is 0.625. The molecule has 2 aliphatic rings. The van der Waals surface area contributed by atoms with Gasteiger partial charge in [-0.1, -0.05) is 38.4 Å². The third-order valence-electron chi connectivity index (χ3n) is 5.96. The molecule has 2 aliphatic carbocycles. The van der Waals surface area contributed by atoms with E-state index in [2.05, 4.69) is 32.2 Å². The highest BCUT2D eigenvalue weighted by atomic mass is 35.5. The van der Waals surface area contributed by atoms with Crippen molar-refractivity contribution >= 4 is 17.3 Å². The molecule has 1 aromatic carbocycles. The zero-order valence-corrected chi connectivity index (χ0v) is 12.2. The van der Waals surface area contributed by atoms with Gasteiger partial charge in [-0.2, -0.15) is 0 Å². The van der Waals surface area contributed by atoms with Crippen LogP contribution in [-0.4, -0.2) is 6.04 Å². The second kappa shape index (κ2) is 3.90. The Hall–Kier alpha value is -0.690. The Labute approximate surface area is 115 Å². The summed E-state index contributed by atoms with van der Waals surface area (Å²) in [6, 6.07) is 8.69. The third-order valence-corrected chi connectivity index (χ3v) is 6.19. The second-order valence-electron chi connectivity index (χ2n) is 6.82. The van der Waals surface area contributed by atoms with E-state index in [1.165, 1.54) is 19.3 Å². The molecule has 0 spiro atoms. The van der Waals surface area contributed by atoms with Crippen LogP contribution in [0.15, 0.2) is 24.3 Å². The van der Waals surface area contributed by atoms with Gasteiger partial charge in [-0.05, 0) is 54.2 Å². The Bertz CT molecular complexity index is 468. The summed E-state index contributed by atoms with van der Waals surface area (Å²) in [5.74, 6) is 0.874. The highest BCUT2D eigenvalue weighted by Crippen LogP contribution is 2.65. The number of anilines is 1. The molecule has 2 heteroatoms. The van der Waals surface area contributed by atoms with Gasteiger partial charge in [-0.15, -0.1) is 0 Å². The van der Waals surface area contributed by atoms with Gasteiger partial charge in [-0.3, -0.25) is 0 Å². The van der Waals surface area contributed by atoms with E-state index in [1.54, 1.807) is 0 Å². The summed E-state index contributed by atoms with van der Waals surface area (Å²) in [6.45, 7) is 7.36. The van der Waals surface area contributed by atoms with Crippen molar-refractivity contribution in [3.63, 3.8) is 0 Å². The molecule has 3 rings (SSSR count). The van der Waals surface area contributed by atoms with Crippen LogP contribution < -0.4 is 5.32 Å². The summed E-state index contributed by atoms with van der Waals surface area (Å²) in [6.07, 6.45) is 4.05. The Balaban J connectivity index is 1.84. The van der Waals surface area contributed by atoms with E-state index >= 15 is 0 Å². The summed E-state index contributed by atoms with van der Waals surface area (Å²) < 4.78 is 0. The van der Waals surface area contributed by atoms with Crippen molar-refractivity contribution in [2.45, 2.75) is 46.1 Å². The van der Waals surface area contributed by atoms with Crippen LogP contribution in [0.1, 0.15) is 40.0 Å². The quantitative estimate of drug-likeness (QED) is 0.795. The van der Waals surface area contributed by atoms with Crippen molar-refractivity contribution in [2.75, 3.05) is 5.32 Å². The Morgan fingerprint density at radius 3 is 2.61 bits per heavy atom. The normalized spacial score (nSPS) is 36.9.